The smallest absolute Gasteiger partial charge is 0.336 e. The van der Waals surface area contributed by atoms with Crippen molar-refractivity contribution in [1.82, 2.24) is 0 Å². The predicted molar refractivity (Wildman–Crippen MR) is 125 cm³/mol. The maximum atomic E-state index is 12.0. The van der Waals surface area contributed by atoms with Crippen LogP contribution in [0.25, 0.3) is 5.57 Å². The van der Waals surface area contributed by atoms with Gasteiger partial charge in [-0.1, -0.05) is 36.4 Å². The molecule has 4 nitrogen and oxygen atoms in total. The summed E-state index contributed by atoms with van der Waals surface area (Å²) in [6.07, 6.45) is 11.7. The molecule has 6 rings (SSSR count). The number of aromatic carboxylic acids is 1. The average Bonchev–Trinajstić information content (AvgIpc) is 2.78. The summed E-state index contributed by atoms with van der Waals surface area (Å²) in [4.78, 5) is 12.0. The zero-order valence-corrected chi connectivity index (χ0v) is 18.8. The molecule has 4 heteroatoms. The second kappa shape index (κ2) is 8.74. The summed E-state index contributed by atoms with van der Waals surface area (Å²) in [5.41, 5.74) is 3.57. The lowest BCUT2D eigenvalue weighted by Crippen LogP contribution is -2.45. The van der Waals surface area contributed by atoms with Crippen LogP contribution in [0.3, 0.4) is 0 Å². The summed E-state index contributed by atoms with van der Waals surface area (Å²) in [6, 6.07) is 15.3. The molecule has 4 saturated carbocycles. The van der Waals surface area contributed by atoms with E-state index in [1.54, 1.807) is 19.2 Å². The van der Waals surface area contributed by atoms with Crippen LogP contribution in [0.2, 0.25) is 0 Å². The number of hydrogen-bond donors (Lipinski definition) is 1. The number of carboxylic acids is 1. The van der Waals surface area contributed by atoms with Gasteiger partial charge in [-0.2, -0.15) is 0 Å². The first-order chi connectivity index (χ1) is 15.5. The highest BCUT2D eigenvalue weighted by atomic mass is 16.7. The quantitative estimate of drug-likeness (QED) is 0.490. The first kappa shape index (κ1) is 21.3. The molecule has 32 heavy (non-hydrogen) atoms. The zero-order chi connectivity index (χ0) is 22.1. The van der Waals surface area contributed by atoms with E-state index in [-0.39, 0.29) is 6.79 Å². The van der Waals surface area contributed by atoms with Crippen LogP contribution in [0.1, 0.15) is 66.4 Å². The second-order valence-electron chi connectivity index (χ2n) is 10.2. The summed E-state index contributed by atoms with van der Waals surface area (Å²) in [5.74, 6) is 2.56. The summed E-state index contributed by atoms with van der Waals surface area (Å²) in [7, 11) is 1.60. The van der Waals surface area contributed by atoms with Crippen LogP contribution in [-0.2, 0) is 4.74 Å². The van der Waals surface area contributed by atoms with Crippen molar-refractivity contribution in [3.63, 3.8) is 0 Å². The number of hydrogen-bond acceptors (Lipinski definition) is 3. The molecular weight excluding hydrogens is 400 g/mol. The van der Waals surface area contributed by atoms with Crippen molar-refractivity contribution in [3.05, 3.63) is 71.3 Å². The minimum Gasteiger partial charge on any atom is -0.478 e. The molecule has 4 aliphatic carbocycles. The van der Waals surface area contributed by atoms with Gasteiger partial charge in [-0.3, -0.25) is 0 Å². The number of carbonyl (C=O) groups is 1. The molecular formula is C28H32O4. The van der Waals surface area contributed by atoms with Gasteiger partial charge in [-0.05, 0) is 103 Å². The highest BCUT2D eigenvalue weighted by molar-refractivity contribution is 5.97. The van der Waals surface area contributed by atoms with E-state index in [0.717, 1.165) is 46.6 Å². The lowest BCUT2D eigenvalue weighted by molar-refractivity contribution is -0.0506. The van der Waals surface area contributed by atoms with Crippen LogP contribution in [0, 0.1) is 23.2 Å². The summed E-state index contributed by atoms with van der Waals surface area (Å²) >= 11 is 0. The van der Waals surface area contributed by atoms with Crippen LogP contribution in [0.15, 0.2) is 54.6 Å². The van der Waals surface area contributed by atoms with Crippen LogP contribution in [-0.4, -0.2) is 25.0 Å². The molecule has 0 atom stereocenters. The maximum Gasteiger partial charge on any atom is 0.336 e. The molecule has 4 bridgehead atoms. The summed E-state index contributed by atoms with van der Waals surface area (Å²) in [5, 5.41) is 9.84. The molecule has 0 saturated heterocycles. The number of methoxy groups -OCH3 is 1. The Bertz CT molecular complexity index is 969. The van der Waals surface area contributed by atoms with Gasteiger partial charge in [0.25, 0.3) is 0 Å². The van der Waals surface area contributed by atoms with Gasteiger partial charge < -0.3 is 14.6 Å². The Kier molecular flexibility index (Phi) is 5.81. The molecule has 0 aromatic heterocycles. The van der Waals surface area contributed by atoms with Gasteiger partial charge >= 0.3 is 5.97 Å². The van der Waals surface area contributed by atoms with Crippen LogP contribution in [0.5, 0.6) is 5.75 Å². The fourth-order valence-corrected chi connectivity index (χ4v) is 7.00. The Morgan fingerprint density at radius 2 is 1.56 bits per heavy atom. The molecule has 0 heterocycles. The highest BCUT2D eigenvalue weighted by Gasteiger charge is 2.50. The van der Waals surface area contributed by atoms with E-state index in [9.17, 15) is 9.90 Å². The van der Waals surface area contributed by atoms with Gasteiger partial charge in [-0.15, -0.1) is 0 Å². The van der Waals surface area contributed by atoms with Crippen LogP contribution >= 0.6 is 0 Å². The number of benzene rings is 2. The average molecular weight is 433 g/mol. The molecule has 4 fully saturated rings. The highest BCUT2D eigenvalue weighted by Crippen LogP contribution is 2.61. The molecule has 0 amide bonds. The Labute approximate surface area is 190 Å². The lowest BCUT2D eigenvalue weighted by atomic mass is 9.49. The van der Waals surface area contributed by atoms with Gasteiger partial charge in [-0.25, -0.2) is 4.79 Å². The molecule has 0 aliphatic heterocycles. The van der Waals surface area contributed by atoms with E-state index in [0.29, 0.717) is 11.0 Å². The Balaban J connectivity index is 1.50. The van der Waals surface area contributed by atoms with E-state index in [2.05, 4.69) is 6.08 Å². The van der Waals surface area contributed by atoms with Crippen LogP contribution < -0.4 is 4.74 Å². The predicted octanol–water partition coefficient (Wildman–Crippen LogP) is 6.41. The van der Waals surface area contributed by atoms with Gasteiger partial charge in [0.1, 0.15) is 5.75 Å². The third-order valence-corrected chi connectivity index (χ3v) is 7.86. The molecule has 0 unspecified atom stereocenters. The zero-order valence-electron chi connectivity index (χ0n) is 18.8. The van der Waals surface area contributed by atoms with Gasteiger partial charge in [0.15, 0.2) is 6.79 Å². The Morgan fingerprint density at radius 1 is 0.969 bits per heavy atom. The van der Waals surface area contributed by atoms with Crippen molar-refractivity contribution in [3.8, 4) is 5.75 Å². The van der Waals surface area contributed by atoms with Crippen molar-refractivity contribution >= 4 is 11.5 Å². The number of ether oxygens (including phenoxy) is 2. The number of rotatable bonds is 8. The maximum absolute atomic E-state index is 12.0. The standard InChI is InChI=1S/C28H32O4/c1-31-18-32-23-8-6-22(7-9-23)24(25-4-2-3-5-26(25)27(29)30)10-11-28-15-19-12-20(16-28)14-21(13-19)17-28/h2-10,19-21H,11-18H2,1H3,(H,29,30). The summed E-state index contributed by atoms with van der Waals surface area (Å²) in [6.45, 7) is 0.204. The Hall–Kier alpha value is -2.59. The SMILES string of the molecule is COCOc1ccc(C(=CCC23CC4CC(CC(C4)C2)C3)c2ccccc2C(=O)O)cc1. The second-order valence-corrected chi connectivity index (χ2v) is 10.2. The first-order valence-electron chi connectivity index (χ1n) is 11.8. The first-order valence-corrected chi connectivity index (χ1v) is 11.8. The largest absolute Gasteiger partial charge is 0.478 e. The minimum atomic E-state index is -0.888. The van der Waals surface area contributed by atoms with E-state index >= 15 is 0 Å². The molecule has 168 valence electrons. The van der Waals surface area contributed by atoms with Gasteiger partial charge in [0.2, 0.25) is 0 Å². The third kappa shape index (κ3) is 4.21. The van der Waals surface area contributed by atoms with E-state index in [1.165, 1.54) is 38.5 Å². The van der Waals surface area contributed by atoms with Crippen molar-refractivity contribution in [2.75, 3.05) is 13.9 Å². The Morgan fingerprint density at radius 3 is 2.12 bits per heavy atom. The molecule has 0 spiro atoms. The number of carboxylic acid groups (broad SMARTS) is 1. The minimum absolute atomic E-state index is 0.204. The van der Waals surface area contributed by atoms with E-state index in [1.807, 2.05) is 36.4 Å². The van der Waals surface area contributed by atoms with Gasteiger partial charge in [0, 0.05) is 7.11 Å². The van der Waals surface area contributed by atoms with Crippen molar-refractivity contribution in [2.24, 2.45) is 23.2 Å². The molecule has 0 radical (unpaired) electrons. The molecule has 4 aliphatic rings. The molecule has 2 aromatic rings. The molecule has 2 aromatic carbocycles. The van der Waals surface area contributed by atoms with Crippen molar-refractivity contribution in [1.29, 1.82) is 0 Å². The van der Waals surface area contributed by atoms with Crippen molar-refractivity contribution in [2.45, 2.75) is 44.9 Å². The van der Waals surface area contributed by atoms with Crippen molar-refractivity contribution < 1.29 is 19.4 Å². The lowest BCUT2D eigenvalue weighted by Gasteiger charge is -2.57. The number of allylic oxidation sites excluding steroid dienone is 1. The van der Waals surface area contributed by atoms with E-state index < -0.39 is 5.97 Å². The van der Waals surface area contributed by atoms with Crippen LogP contribution in [0.4, 0.5) is 0 Å². The van der Waals surface area contributed by atoms with Gasteiger partial charge in [0.05, 0.1) is 5.56 Å². The molecule has 1 N–H and O–H groups in total. The summed E-state index contributed by atoms with van der Waals surface area (Å²) < 4.78 is 10.5. The fourth-order valence-electron chi connectivity index (χ4n) is 7.00. The third-order valence-electron chi connectivity index (χ3n) is 7.86. The fraction of sp³-hybridized carbons (Fsp3) is 0.464. The monoisotopic (exact) mass is 432 g/mol. The topological polar surface area (TPSA) is 55.8 Å². The normalized spacial score (nSPS) is 28.7. The van der Waals surface area contributed by atoms with E-state index in [4.69, 9.17) is 9.47 Å².